The fourth-order valence-corrected chi connectivity index (χ4v) is 4.37. The molecule has 3 aromatic carbocycles. The average molecular weight is 396 g/mol. The van der Waals surface area contributed by atoms with Crippen LogP contribution in [0.4, 0.5) is 0 Å². The van der Waals surface area contributed by atoms with Crippen LogP contribution in [0.1, 0.15) is 38.8 Å². The van der Waals surface area contributed by atoms with Crippen molar-refractivity contribution in [1.82, 2.24) is 0 Å². The molecule has 0 bridgehead atoms. The van der Waals surface area contributed by atoms with E-state index in [1.807, 2.05) is 0 Å². The molecular weight excluding hydrogens is 366 g/mol. The molecule has 30 heavy (non-hydrogen) atoms. The van der Waals surface area contributed by atoms with E-state index in [9.17, 15) is 0 Å². The van der Waals surface area contributed by atoms with Crippen LogP contribution in [0, 0.1) is 13.8 Å². The summed E-state index contributed by atoms with van der Waals surface area (Å²) in [5.41, 5.74) is 6.85. The molecule has 0 N–H and O–H groups in total. The van der Waals surface area contributed by atoms with Crippen LogP contribution in [0.3, 0.4) is 0 Å². The summed E-state index contributed by atoms with van der Waals surface area (Å²) in [7, 11) is -0.360. The topological polar surface area (TPSA) is 18.5 Å². The lowest BCUT2D eigenvalue weighted by Gasteiger charge is -2.32. The summed E-state index contributed by atoms with van der Waals surface area (Å²) in [5, 5.41) is 0. The molecule has 4 rings (SSSR count). The molecule has 1 fully saturated rings. The fourth-order valence-electron chi connectivity index (χ4n) is 4.37. The van der Waals surface area contributed by atoms with Crippen LogP contribution < -0.4 is 21.9 Å². The lowest BCUT2D eigenvalue weighted by atomic mass is 9.35. The summed E-state index contributed by atoms with van der Waals surface area (Å²) in [4.78, 5) is 0. The van der Waals surface area contributed by atoms with Crippen molar-refractivity contribution in [1.29, 1.82) is 0 Å². The first-order chi connectivity index (χ1) is 14.2. The molecule has 152 valence electrons. The molecule has 0 amide bonds. The SMILES string of the molecule is Cc1ccc(B2OC(C)(C)C(C)(C)O2)c(C)c1B(c1ccccc1)c1ccccc1. The quantitative estimate of drug-likeness (QED) is 0.632. The van der Waals surface area contributed by atoms with Crippen LogP contribution in [0.15, 0.2) is 72.8 Å². The third kappa shape index (κ3) is 3.64. The van der Waals surface area contributed by atoms with Crippen LogP contribution in [0.25, 0.3) is 0 Å². The first-order valence-electron chi connectivity index (χ1n) is 10.8. The summed E-state index contributed by atoms with van der Waals surface area (Å²) >= 11 is 0. The second-order valence-corrected chi connectivity index (χ2v) is 9.35. The summed E-state index contributed by atoms with van der Waals surface area (Å²) in [6, 6.07) is 25.9. The first-order valence-corrected chi connectivity index (χ1v) is 10.8. The Morgan fingerprint density at radius 2 is 1.13 bits per heavy atom. The van der Waals surface area contributed by atoms with Gasteiger partial charge in [-0.2, -0.15) is 0 Å². The molecule has 1 heterocycles. The number of hydrogen-bond acceptors (Lipinski definition) is 2. The minimum atomic E-state index is -0.360. The molecule has 4 heteroatoms. The van der Waals surface area contributed by atoms with Gasteiger partial charge in [-0.15, -0.1) is 0 Å². The minimum absolute atomic E-state index is 0.162. The van der Waals surface area contributed by atoms with Crippen LogP contribution >= 0.6 is 0 Å². The van der Waals surface area contributed by atoms with Gasteiger partial charge in [0.1, 0.15) is 0 Å². The molecule has 1 aliphatic heterocycles. The van der Waals surface area contributed by atoms with Gasteiger partial charge in [0, 0.05) is 0 Å². The van der Waals surface area contributed by atoms with Crippen LogP contribution in [-0.4, -0.2) is 25.0 Å². The maximum atomic E-state index is 6.39. The van der Waals surface area contributed by atoms with Crippen molar-refractivity contribution in [2.75, 3.05) is 0 Å². The number of benzene rings is 3. The molecule has 0 aliphatic carbocycles. The van der Waals surface area contributed by atoms with Gasteiger partial charge in [-0.3, -0.25) is 0 Å². The van der Waals surface area contributed by atoms with Crippen molar-refractivity contribution in [3.05, 3.63) is 83.9 Å². The van der Waals surface area contributed by atoms with Crippen molar-refractivity contribution < 1.29 is 9.31 Å². The zero-order valence-corrected chi connectivity index (χ0v) is 18.9. The van der Waals surface area contributed by atoms with Crippen LogP contribution in [0.5, 0.6) is 0 Å². The normalized spacial score (nSPS) is 17.2. The fraction of sp³-hybridized carbons (Fsp3) is 0.308. The van der Waals surface area contributed by atoms with E-state index in [1.54, 1.807) is 0 Å². The molecular formula is C26H30B2O2. The Bertz CT molecular complexity index is 974. The van der Waals surface area contributed by atoms with Crippen molar-refractivity contribution in [3.8, 4) is 0 Å². The van der Waals surface area contributed by atoms with Crippen molar-refractivity contribution in [2.45, 2.75) is 52.7 Å². The summed E-state index contributed by atoms with van der Waals surface area (Å²) in [5.74, 6) is 0. The Kier molecular flexibility index (Phi) is 5.42. The van der Waals surface area contributed by atoms with E-state index in [2.05, 4.69) is 114 Å². The Labute approximate surface area is 181 Å². The molecule has 0 atom stereocenters. The Morgan fingerprint density at radius 3 is 1.60 bits per heavy atom. The number of hydrogen-bond donors (Lipinski definition) is 0. The Morgan fingerprint density at radius 1 is 0.667 bits per heavy atom. The molecule has 0 unspecified atom stereocenters. The zero-order valence-electron chi connectivity index (χ0n) is 18.9. The molecule has 2 nitrogen and oxygen atoms in total. The van der Waals surface area contributed by atoms with Gasteiger partial charge < -0.3 is 9.31 Å². The molecule has 0 radical (unpaired) electrons. The standard InChI is InChI=1S/C26H30B2O2/c1-19-17-18-23(28-29-25(3,4)26(5,6)30-28)20(2)24(19)27(21-13-9-7-10-14-21)22-15-11-8-12-16-22/h7-18H,1-6H3. The summed E-state index contributed by atoms with van der Waals surface area (Å²) < 4.78 is 12.8. The molecule has 1 saturated heterocycles. The highest BCUT2D eigenvalue weighted by atomic mass is 16.7. The molecule has 3 aromatic rings. The highest BCUT2D eigenvalue weighted by Crippen LogP contribution is 2.36. The molecule has 0 spiro atoms. The monoisotopic (exact) mass is 396 g/mol. The average Bonchev–Trinajstić information content (AvgIpc) is 2.93. The van der Waals surface area contributed by atoms with Gasteiger partial charge in [-0.05, 0) is 47.0 Å². The van der Waals surface area contributed by atoms with Crippen LogP contribution in [-0.2, 0) is 9.31 Å². The Hall–Kier alpha value is -2.29. The van der Waals surface area contributed by atoms with Gasteiger partial charge in [0.2, 0.25) is 6.71 Å². The van der Waals surface area contributed by atoms with E-state index >= 15 is 0 Å². The third-order valence-electron chi connectivity index (χ3n) is 6.84. The zero-order chi connectivity index (χ0) is 21.5. The largest absolute Gasteiger partial charge is 0.495 e. The molecule has 0 aromatic heterocycles. The second kappa shape index (κ2) is 7.76. The third-order valence-corrected chi connectivity index (χ3v) is 6.84. The van der Waals surface area contributed by atoms with Gasteiger partial charge in [-0.1, -0.05) is 100 Å². The predicted molar refractivity (Wildman–Crippen MR) is 129 cm³/mol. The molecule has 1 aliphatic rings. The van der Waals surface area contributed by atoms with E-state index in [4.69, 9.17) is 9.31 Å². The lowest BCUT2D eigenvalue weighted by molar-refractivity contribution is 0.00578. The van der Waals surface area contributed by atoms with Crippen molar-refractivity contribution >= 4 is 35.7 Å². The van der Waals surface area contributed by atoms with E-state index in [0.717, 1.165) is 5.46 Å². The van der Waals surface area contributed by atoms with Crippen molar-refractivity contribution in [2.24, 2.45) is 0 Å². The highest BCUT2D eigenvalue weighted by Gasteiger charge is 2.52. The Balaban J connectivity index is 1.86. The number of aryl methyl sites for hydroxylation is 1. The van der Waals surface area contributed by atoms with Gasteiger partial charge >= 0.3 is 7.12 Å². The van der Waals surface area contributed by atoms with Gasteiger partial charge in [0.15, 0.2) is 0 Å². The predicted octanol–water partition coefficient (Wildman–Crippen LogP) is 3.12. The van der Waals surface area contributed by atoms with E-state index < -0.39 is 0 Å². The first kappa shape index (κ1) is 21.0. The second-order valence-electron chi connectivity index (χ2n) is 9.35. The molecule has 0 saturated carbocycles. The summed E-state index contributed by atoms with van der Waals surface area (Å²) in [6.45, 7) is 13.0. The lowest BCUT2D eigenvalue weighted by Crippen LogP contribution is -2.56. The van der Waals surface area contributed by atoms with Crippen LogP contribution in [0.2, 0.25) is 0 Å². The van der Waals surface area contributed by atoms with E-state index in [0.29, 0.717) is 0 Å². The maximum Gasteiger partial charge on any atom is 0.495 e. The minimum Gasteiger partial charge on any atom is -0.399 e. The smallest absolute Gasteiger partial charge is 0.399 e. The van der Waals surface area contributed by atoms with Gasteiger partial charge in [-0.25, -0.2) is 0 Å². The van der Waals surface area contributed by atoms with E-state index in [-0.39, 0.29) is 25.0 Å². The highest BCUT2D eigenvalue weighted by molar-refractivity contribution is 6.96. The van der Waals surface area contributed by atoms with E-state index in [1.165, 1.54) is 27.5 Å². The maximum absolute atomic E-state index is 6.39. The summed E-state index contributed by atoms with van der Waals surface area (Å²) in [6.07, 6.45) is 0. The number of rotatable bonds is 4. The van der Waals surface area contributed by atoms with Gasteiger partial charge in [0.05, 0.1) is 11.2 Å². The van der Waals surface area contributed by atoms with Gasteiger partial charge in [0.25, 0.3) is 0 Å². The van der Waals surface area contributed by atoms with Crippen molar-refractivity contribution in [3.63, 3.8) is 0 Å².